The molecule has 21 heavy (non-hydrogen) atoms. The highest BCUT2D eigenvalue weighted by molar-refractivity contribution is 4.71. The Kier molecular flexibility index (Phi) is 8.01. The van der Waals surface area contributed by atoms with Crippen LogP contribution in [0.2, 0.25) is 0 Å². The van der Waals surface area contributed by atoms with Gasteiger partial charge >= 0.3 is 0 Å². The Hall–Kier alpha value is -0.160. The minimum Gasteiger partial charge on any atom is -0.389 e. The van der Waals surface area contributed by atoms with Gasteiger partial charge in [-0.15, -0.1) is 0 Å². The number of aliphatic hydroxyl groups is 1. The van der Waals surface area contributed by atoms with E-state index in [0.717, 1.165) is 38.3 Å². The summed E-state index contributed by atoms with van der Waals surface area (Å²) < 4.78 is 11.5. The molecule has 0 aromatic rings. The number of hydrogen-bond donors (Lipinski definition) is 2. The van der Waals surface area contributed by atoms with E-state index in [9.17, 15) is 5.11 Å². The second kappa shape index (κ2) is 9.78. The molecule has 1 aliphatic carbocycles. The van der Waals surface area contributed by atoms with E-state index < -0.39 is 6.10 Å². The number of rotatable bonds is 8. The highest BCUT2D eigenvalue weighted by Gasteiger charge is 2.19. The van der Waals surface area contributed by atoms with Gasteiger partial charge in [-0.05, 0) is 63.8 Å². The summed E-state index contributed by atoms with van der Waals surface area (Å²) in [6.45, 7) is 5.23. The van der Waals surface area contributed by atoms with E-state index in [1.807, 2.05) is 0 Å². The van der Waals surface area contributed by atoms with Gasteiger partial charge < -0.3 is 19.9 Å². The van der Waals surface area contributed by atoms with Crippen molar-refractivity contribution in [3.8, 4) is 0 Å². The molecule has 0 amide bonds. The van der Waals surface area contributed by atoms with E-state index >= 15 is 0 Å². The first-order chi connectivity index (χ1) is 10.2. The van der Waals surface area contributed by atoms with E-state index in [1.165, 1.54) is 32.1 Å². The summed E-state index contributed by atoms with van der Waals surface area (Å²) in [5.74, 6) is 0.846. The van der Waals surface area contributed by atoms with Crippen molar-refractivity contribution < 1.29 is 14.6 Å². The zero-order valence-electron chi connectivity index (χ0n) is 13.6. The first kappa shape index (κ1) is 17.2. The SMILES string of the molecule is CC1CCC(OCC(O)CNCCC2CCCCO2)CC1. The fourth-order valence-electron chi connectivity index (χ4n) is 3.27. The fourth-order valence-corrected chi connectivity index (χ4v) is 3.27. The Bertz CT molecular complexity index is 261. The molecule has 1 heterocycles. The third-order valence-electron chi connectivity index (χ3n) is 4.78. The van der Waals surface area contributed by atoms with Crippen LogP contribution in [0.1, 0.15) is 58.3 Å². The minimum absolute atomic E-state index is 0.367. The van der Waals surface area contributed by atoms with Gasteiger partial charge in [-0.2, -0.15) is 0 Å². The number of nitrogens with one attached hydrogen (secondary N) is 1. The first-order valence-electron chi connectivity index (χ1n) is 8.86. The van der Waals surface area contributed by atoms with Crippen molar-refractivity contribution in [3.63, 3.8) is 0 Å². The third-order valence-corrected chi connectivity index (χ3v) is 4.78. The van der Waals surface area contributed by atoms with Crippen molar-refractivity contribution in [1.29, 1.82) is 0 Å². The van der Waals surface area contributed by atoms with Crippen LogP contribution in [0, 0.1) is 5.92 Å². The van der Waals surface area contributed by atoms with Crippen molar-refractivity contribution in [3.05, 3.63) is 0 Å². The Morgan fingerprint density at radius 2 is 2.00 bits per heavy atom. The summed E-state index contributed by atoms with van der Waals surface area (Å²) in [5, 5.41) is 13.3. The summed E-state index contributed by atoms with van der Waals surface area (Å²) in [6.07, 6.45) is 9.97. The van der Waals surface area contributed by atoms with E-state index in [-0.39, 0.29) is 0 Å². The van der Waals surface area contributed by atoms with Gasteiger partial charge in [0.2, 0.25) is 0 Å². The second-order valence-corrected chi connectivity index (χ2v) is 6.85. The maximum Gasteiger partial charge on any atom is 0.0897 e. The topological polar surface area (TPSA) is 50.7 Å². The standard InChI is InChI=1S/C17H33NO3/c1-14-5-7-17(8-6-14)21-13-15(19)12-18-10-9-16-4-2-3-11-20-16/h14-19H,2-13H2,1H3. The first-order valence-corrected chi connectivity index (χ1v) is 8.86. The van der Waals surface area contributed by atoms with Crippen LogP contribution in [0.15, 0.2) is 0 Å². The van der Waals surface area contributed by atoms with Crippen molar-refractivity contribution in [2.75, 3.05) is 26.3 Å². The maximum absolute atomic E-state index is 9.95. The molecule has 2 unspecified atom stereocenters. The minimum atomic E-state index is -0.392. The molecular weight excluding hydrogens is 266 g/mol. The van der Waals surface area contributed by atoms with E-state index in [0.29, 0.717) is 25.4 Å². The van der Waals surface area contributed by atoms with Crippen LogP contribution in [0.25, 0.3) is 0 Å². The third kappa shape index (κ3) is 7.09. The summed E-state index contributed by atoms with van der Waals surface area (Å²) in [7, 11) is 0. The molecule has 2 rings (SSSR count). The maximum atomic E-state index is 9.95. The van der Waals surface area contributed by atoms with Crippen molar-refractivity contribution >= 4 is 0 Å². The van der Waals surface area contributed by atoms with Crippen molar-refractivity contribution in [2.24, 2.45) is 5.92 Å². The molecule has 1 saturated heterocycles. The highest BCUT2D eigenvalue weighted by atomic mass is 16.5. The zero-order chi connectivity index (χ0) is 14.9. The molecule has 2 aliphatic rings. The highest BCUT2D eigenvalue weighted by Crippen LogP contribution is 2.25. The van der Waals surface area contributed by atoms with Crippen LogP contribution < -0.4 is 5.32 Å². The zero-order valence-corrected chi connectivity index (χ0v) is 13.6. The van der Waals surface area contributed by atoms with Gasteiger partial charge in [0.25, 0.3) is 0 Å². The summed E-state index contributed by atoms with van der Waals surface area (Å²) >= 11 is 0. The molecule has 1 aliphatic heterocycles. The molecule has 2 N–H and O–H groups in total. The number of hydrogen-bond acceptors (Lipinski definition) is 4. The normalized spacial score (nSPS) is 32.0. The monoisotopic (exact) mass is 299 g/mol. The van der Waals surface area contributed by atoms with Crippen LogP contribution in [-0.2, 0) is 9.47 Å². The average molecular weight is 299 g/mol. The van der Waals surface area contributed by atoms with Crippen LogP contribution in [0.3, 0.4) is 0 Å². The van der Waals surface area contributed by atoms with Crippen LogP contribution in [0.5, 0.6) is 0 Å². The lowest BCUT2D eigenvalue weighted by Crippen LogP contribution is -2.34. The second-order valence-electron chi connectivity index (χ2n) is 6.85. The molecule has 0 bridgehead atoms. The van der Waals surface area contributed by atoms with Crippen LogP contribution in [-0.4, -0.2) is 49.7 Å². The Morgan fingerprint density at radius 1 is 1.19 bits per heavy atom. The van der Waals surface area contributed by atoms with Gasteiger partial charge in [0, 0.05) is 13.2 Å². The van der Waals surface area contributed by atoms with Gasteiger partial charge in [-0.1, -0.05) is 6.92 Å². The molecule has 0 aromatic heterocycles. The Balaban J connectivity index is 1.44. The molecule has 0 aromatic carbocycles. The Morgan fingerprint density at radius 3 is 2.71 bits per heavy atom. The van der Waals surface area contributed by atoms with Gasteiger partial charge in [-0.25, -0.2) is 0 Å². The lowest BCUT2D eigenvalue weighted by atomic mass is 9.89. The predicted octanol–water partition coefficient (Wildman–Crippen LogP) is 2.49. The average Bonchev–Trinajstić information content (AvgIpc) is 2.52. The summed E-state index contributed by atoms with van der Waals surface area (Å²) in [5.41, 5.74) is 0. The molecule has 0 radical (unpaired) electrons. The molecule has 4 nitrogen and oxygen atoms in total. The van der Waals surface area contributed by atoms with Crippen molar-refractivity contribution in [1.82, 2.24) is 5.32 Å². The van der Waals surface area contributed by atoms with Gasteiger partial charge in [0.15, 0.2) is 0 Å². The molecule has 124 valence electrons. The van der Waals surface area contributed by atoms with E-state index in [1.54, 1.807) is 0 Å². The lowest BCUT2D eigenvalue weighted by molar-refractivity contribution is -0.0284. The van der Waals surface area contributed by atoms with Gasteiger partial charge in [-0.3, -0.25) is 0 Å². The molecule has 1 saturated carbocycles. The van der Waals surface area contributed by atoms with Gasteiger partial charge in [0.05, 0.1) is 24.9 Å². The molecular formula is C17H33NO3. The smallest absolute Gasteiger partial charge is 0.0897 e. The lowest BCUT2D eigenvalue weighted by Gasteiger charge is -2.27. The quantitative estimate of drug-likeness (QED) is 0.676. The molecule has 0 spiro atoms. The summed E-state index contributed by atoms with van der Waals surface area (Å²) in [6, 6.07) is 0. The van der Waals surface area contributed by atoms with E-state index in [4.69, 9.17) is 9.47 Å². The predicted molar refractivity (Wildman–Crippen MR) is 84.5 cm³/mol. The van der Waals surface area contributed by atoms with Crippen LogP contribution in [0.4, 0.5) is 0 Å². The summed E-state index contributed by atoms with van der Waals surface area (Å²) in [4.78, 5) is 0. The fraction of sp³-hybridized carbons (Fsp3) is 1.00. The molecule has 2 atom stereocenters. The van der Waals surface area contributed by atoms with Crippen molar-refractivity contribution in [2.45, 2.75) is 76.6 Å². The number of aliphatic hydroxyl groups excluding tert-OH is 1. The Labute approximate surface area is 129 Å². The van der Waals surface area contributed by atoms with Gasteiger partial charge in [0.1, 0.15) is 0 Å². The van der Waals surface area contributed by atoms with E-state index in [2.05, 4.69) is 12.2 Å². The number of ether oxygens (including phenoxy) is 2. The van der Waals surface area contributed by atoms with Crippen LogP contribution >= 0.6 is 0 Å². The molecule has 2 fully saturated rings. The molecule has 4 heteroatoms. The largest absolute Gasteiger partial charge is 0.389 e.